The van der Waals surface area contributed by atoms with Crippen LogP contribution < -0.4 is 19.7 Å². The smallest absolute Gasteiger partial charge is 0.251 e. The van der Waals surface area contributed by atoms with E-state index in [9.17, 15) is 4.79 Å². The van der Waals surface area contributed by atoms with Crippen molar-refractivity contribution in [3.8, 4) is 11.5 Å². The lowest BCUT2D eigenvalue weighted by Gasteiger charge is -2.40. The van der Waals surface area contributed by atoms with Gasteiger partial charge in [0.25, 0.3) is 5.91 Å². The predicted molar refractivity (Wildman–Crippen MR) is 161 cm³/mol. The molecule has 1 amide bonds. The zero-order valence-corrected chi connectivity index (χ0v) is 23.6. The van der Waals surface area contributed by atoms with Crippen LogP contribution in [0.3, 0.4) is 0 Å². The molecule has 7 nitrogen and oxygen atoms in total. The van der Waals surface area contributed by atoms with Crippen molar-refractivity contribution in [2.75, 3.05) is 51.0 Å². The number of nitrogens with zero attached hydrogens (tertiary/aromatic N) is 3. The molecule has 1 saturated carbocycles. The standard InChI is InChI=1S/C27H32N4O3S.2C2H4/c32-27(19-9-10-23-24(15-19)34-18-33-23)28-16-20-5-1-2-6-21(20)17-30-11-13-31(14-12-30)26-22-7-3-4-8-25(22)35-29-26;2*1-2/h3-4,7-10,15,20-21H,1-2,5-6,11-14,16-18H2,(H,28,32);2*1-2H2/t20?,21-;;/m0../s1. The van der Waals surface area contributed by atoms with Crippen LogP contribution in [0.25, 0.3) is 10.1 Å². The van der Waals surface area contributed by atoms with E-state index in [2.05, 4.69) is 65.7 Å². The first-order valence-electron chi connectivity index (χ1n) is 13.7. The lowest BCUT2D eigenvalue weighted by molar-refractivity contribution is 0.0919. The summed E-state index contributed by atoms with van der Waals surface area (Å²) in [6.45, 7) is 18.3. The molecule has 1 unspecified atom stereocenters. The van der Waals surface area contributed by atoms with E-state index in [0.717, 1.165) is 45.1 Å². The fourth-order valence-corrected chi connectivity index (χ4v) is 6.53. The zero-order valence-electron chi connectivity index (χ0n) is 22.8. The number of anilines is 1. The van der Waals surface area contributed by atoms with Crippen molar-refractivity contribution in [1.29, 1.82) is 0 Å². The minimum atomic E-state index is -0.0308. The van der Waals surface area contributed by atoms with Gasteiger partial charge in [0.15, 0.2) is 11.5 Å². The van der Waals surface area contributed by atoms with E-state index in [1.54, 1.807) is 17.6 Å². The maximum atomic E-state index is 12.8. The first kappa shape index (κ1) is 28.6. The summed E-state index contributed by atoms with van der Waals surface area (Å²) < 4.78 is 16.8. The second-order valence-corrected chi connectivity index (χ2v) is 10.7. The van der Waals surface area contributed by atoms with Crippen LogP contribution in [0.15, 0.2) is 68.8 Å². The van der Waals surface area contributed by atoms with E-state index in [4.69, 9.17) is 13.8 Å². The van der Waals surface area contributed by atoms with Crippen molar-refractivity contribution >= 4 is 33.3 Å². The average Bonchev–Trinajstić information content (AvgIpc) is 3.66. The third-order valence-electron chi connectivity index (χ3n) is 7.75. The van der Waals surface area contributed by atoms with Gasteiger partial charge in [0.05, 0.1) is 4.70 Å². The molecule has 39 heavy (non-hydrogen) atoms. The normalized spacial score (nSPS) is 20.4. The number of fused-ring (bicyclic) bond motifs is 2. The highest BCUT2D eigenvalue weighted by Gasteiger charge is 2.29. The Morgan fingerprint density at radius 3 is 2.46 bits per heavy atom. The predicted octanol–water partition coefficient (Wildman–Crippen LogP) is 5.99. The largest absolute Gasteiger partial charge is 0.454 e. The van der Waals surface area contributed by atoms with Gasteiger partial charge in [0.2, 0.25) is 6.79 Å². The summed E-state index contributed by atoms with van der Waals surface area (Å²) in [6, 6.07) is 13.9. The Kier molecular flexibility index (Phi) is 10.4. The summed E-state index contributed by atoms with van der Waals surface area (Å²) in [5.74, 6) is 3.63. The van der Waals surface area contributed by atoms with Crippen molar-refractivity contribution in [1.82, 2.24) is 14.6 Å². The van der Waals surface area contributed by atoms with Crippen LogP contribution in [-0.4, -0.2) is 61.2 Å². The van der Waals surface area contributed by atoms with Crippen LogP contribution in [0.1, 0.15) is 36.0 Å². The average molecular weight is 549 g/mol. The van der Waals surface area contributed by atoms with Crippen LogP contribution in [0, 0.1) is 11.8 Å². The maximum Gasteiger partial charge on any atom is 0.251 e. The third-order valence-corrected chi connectivity index (χ3v) is 8.57. The molecule has 1 aromatic heterocycles. The molecule has 2 fully saturated rings. The van der Waals surface area contributed by atoms with E-state index >= 15 is 0 Å². The molecular formula is C31H40N4O3S. The van der Waals surface area contributed by atoms with Crippen molar-refractivity contribution in [3.63, 3.8) is 0 Å². The lowest BCUT2D eigenvalue weighted by Crippen LogP contribution is -2.49. The molecule has 2 aromatic carbocycles. The van der Waals surface area contributed by atoms with Gasteiger partial charge in [-0.3, -0.25) is 9.69 Å². The van der Waals surface area contributed by atoms with Gasteiger partial charge in [-0.2, -0.15) is 4.37 Å². The highest BCUT2D eigenvalue weighted by Crippen LogP contribution is 2.34. The summed E-state index contributed by atoms with van der Waals surface area (Å²) in [5.41, 5.74) is 0.632. The number of aromatic nitrogens is 1. The fraction of sp³-hybridized carbons (Fsp3) is 0.419. The Labute approximate surface area is 236 Å². The molecule has 2 atom stereocenters. The first-order chi connectivity index (χ1) is 19.2. The summed E-state index contributed by atoms with van der Waals surface area (Å²) in [7, 11) is 0. The van der Waals surface area contributed by atoms with Gasteiger partial charge in [-0.25, -0.2) is 0 Å². The molecule has 1 aliphatic carbocycles. The molecule has 0 bridgehead atoms. The number of benzene rings is 2. The zero-order chi connectivity index (χ0) is 27.6. The number of hydrogen-bond donors (Lipinski definition) is 1. The number of carbonyl (C=O) groups excluding carboxylic acids is 1. The molecule has 8 heteroatoms. The quantitative estimate of drug-likeness (QED) is 0.382. The van der Waals surface area contributed by atoms with Crippen LogP contribution >= 0.6 is 11.5 Å². The molecule has 0 spiro atoms. The van der Waals surface area contributed by atoms with Gasteiger partial charge in [-0.1, -0.05) is 25.0 Å². The second kappa shape index (κ2) is 14.1. The van der Waals surface area contributed by atoms with Crippen LogP contribution in [0.5, 0.6) is 11.5 Å². The maximum absolute atomic E-state index is 12.8. The molecule has 208 valence electrons. The number of ether oxygens (including phenoxy) is 2. The van der Waals surface area contributed by atoms with Gasteiger partial charge in [-0.15, -0.1) is 26.3 Å². The highest BCUT2D eigenvalue weighted by molar-refractivity contribution is 7.13. The van der Waals surface area contributed by atoms with E-state index in [0.29, 0.717) is 28.9 Å². The molecule has 3 aromatic rings. The van der Waals surface area contributed by atoms with E-state index in [1.165, 1.54) is 35.8 Å². The van der Waals surface area contributed by atoms with E-state index < -0.39 is 0 Å². The van der Waals surface area contributed by atoms with Gasteiger partial charge < -0.3 is 19.7 Å². The van der Waals surface area contributed by atoms with Crippen LogP contribution in [0.2, 0.25) is 0 Å². The van der Waals surface area contributed by atoms with Crippen molar-refractivity contribution in [2.45, 2.75) is 25.7 Å². The second-order valence-electron chi connectivity index (χ2n) is 9.87. The summed E-state index contributed by atoms with van der Waals surface area (Å²) in [6.07, 6.45) is 4.99. The van der Waals surface area contributed by atoms with Gasteiger partial charge in [0, 0.05) is 50.2 Å². The monoisotopic (exact) mass is 548 g/mol. The topological polar surface area (TPSA) is 66.9 Å². The minimum absolute atomic E-state index is 0.0308. The molecule has 6 rings (SSSR count). The van der Waals surface area contributed by atoms with Crippen molar-refractivity contribution in [3.05, 3.63) is 74.3 Å². The Morgan fingerprint density at radius 2 is 1.67 bits per heavy atom. The Morgan fingerprint density at radius 1 is 0.949 bits per heavy atom. The molecule has 3 aliphatic rings. The molecule has 2 aliphatic heterocycles. The molecule has 1 saturated heterocycles. The number of amides is 1. The van der Waals surface area contributed by atoms with E-state index in [1.807, 2.05) is 12.1 Å². The SMILES string of the molecule is C=C.C=C.O=C(NCC1CCCC[C@H]1CN1CCN(c2nsc3ccccc23)CC1)c1ccc2c(c1)OCO2. The minimum Gasteiger partial charge on any atom is -0.454 e. The van der Waals surface area contributed by atoms with Gasteiger partial charge >= 0.3 is 0 Å². The number of nitrogens with one attached hydrogen (secondary N) is 1. The first-order valence-corrected chi connectivity index (χ1v) is 14.5. The molecule has 3 heterocycles. The van der Waals surface area contributed by atoms with Crippen LogP contribution in [-0.2, 0) is 0 Å². The Bertz CT molecular complexity index is 1220. The van der Waals surface area contributed by atoms with Crippen LogP contribution in [0.4, 0.5) is 5.82 Å². The fourth-order valence-electron chi connectivity index (χ4n) is 5.73. The number of piperazine rings is 1. The van der Waals surface area contributed by atoms with Gasteiger partial charge in [0.1, 0.15) is 5.82 Å². The summed E-state index contributed by atoms with van der Waals surface area (Å²) in [5, 5.41) is 4.48. The Balaban J connectivity index is 0.000000845. The highest BCUT2D eigenvalue weighted by atomic mass is 32.1. The van der Waals surface area contributed by atoms with Crippen molar-refractivity contribution < 1.29 is 14.3 Å². The summed E-state index contributed by atoms with van der Waals surface area (Å²) >= 11 is 1.60. The van der Waals surface area contributed by atoms with Gasteiger partial charge in [-0.05, 0) is 66.5 Å². The molecular weight excluding hydrogens is 508 g/mol. The summed E-state index contributed by atoms with van der Waals surface area (Å²) in [4.78, 5) is 17.9. The third kappa shape index (κ3) is 6.81. The number of rotatable bonds is 6. The molecule has 0 radical (unpaired) electrons. The van der Waals surface area contributed by atoms with Crippen molar-refractivity contribution in [2.24, 2.45) is 11.8 Å². The Hall–Kier alpha value is -3.36. The molecule has 1 N–H and O–H groups in total. The van der Waals surface area contributed by atoms with E-state index in [-0.39, 0.29) is 12.7 Å². The number of carbonyl (C=O) groups is 1. The number of hydrogen-bond acceptors (Lipinski definition) is 7. The lowest BCUT2D eigenvalue weighted by atomic mass is 9.78.